The fourth-order valence-electron chi connectivity index (χ4n) is 4.42. The molecule has 1 heterocycles. The van der Waals surface area contributed by atoms with Crippen molar-refractivity contribution in [3.8, 4) is 5.75 Å². The maximum absolute atomic E-state index is 13.4. The SMILES string of the molecule is Cc1ccc(C[C@H](NC(=O)C2OC2C(=O)N[C@H](C)c2ccccc2)C(=O)N[C@@H](Cc2ccc(O)cc2)C(N)=O)cc1. The lowest BCUT2D eigenvalue weighted by molar-refractivity contribution is -0.131. The van der Waals surface area contributed by atoms with Gasteiger partial charge in [-0.1, -0.05) is 72.3 Å². The van der Waals surface area contributed by atoms with E-state index in [1.807, 2.05) is 68.4 Å². The summed E-state index contributed by atoms with van der Waals surface area (Å²) in [7, 11) is 0. The molecule has 0 bridgehead atoms. The van der Waals surface area contributed by atoms with Crippen molar-refractivity contribution in [3.05, 3.63) is 101 Å². The number of hydrogen-bond donors (Lipinski definition) is 5. The Morgan fingerprint density at radius 3 is 1.90 bits per heavy atom. The summed E-state index contributed by atoms with van der Waals surface area (Å²) in [5.41, 5.74) is 8.98. The molecule has 214 valence electrons. The molecule has 6 N–H and O–H groups in total. The zero-order chi connectivity index (χ0) is 29.5. The van der Waals surface area contributed by atoms with Crippen molar-refractivity contribution in [1.82, 2.24) is 16.0 Å². The van der Waals surface area contributed by atoms with Crippen LogP contribution >= 0.6 is 0 Å². The van der Waals surface area contributed by atoms with Crippen LogP contribution in [0.1, 0.15) is 35.2 Å². The lowest BCUT2D eigenvalue weighted by atomic mass is 10.0. The van der Waals surface area contributed by atoms with Crippen LogP contribution in [-0.2, 0) is 36.8 Å². The van der Waals surface area contributed by atoms with Gasteiger partial charge in [0.2, 0.25) is 11.8 Å². The highest BCUT2D eigenvalue weighted by molar-refractivity contribution is 5.98. The van der Waals surface area contributed by atoms with E-state index in [1.165, 1.54) is 12.1 Å². The number of benzene rings is 3. The Labute approximate surface area is 238 Å². The monoisotopic (exact) mass is 558 g/mol. The Morgan fingerprint density at radius 1 is 0.780 bits per heavy atom. The van der Waals surface area contributed by atoms with Gasteiger partial charge in [0.15, 0.2) is 12.2 Å². The van der Waals surface area contributed by atoms with Crippen LogP contribution in [0.2, 0.25) is 0 Å². The van der Waals surface area contributed by atoms with Crippen molar-refractivity contribution >= 4 is 23.6 Å². The highest BCUT2D eigenvalue weighted by Crippen LogP contribution is 2.24. The normalized spacial score (nSPS) is 17.9. The third-order valence-electron chi connectivity index (χ3n) is 6.90. The number of primary amides is 1. The number of nitrogens with one attached hydrogen (secondary N) is 3. The van der Waals surface area contributed by atoms with E-state index in [1.54, 1.807) is 12.1 Å². The van der Waals surface area contributed by atoms with Crippen LogP contribution < -0.4 is 21.7 Å². The lowest BCUT2D eigenvalue weighted by Crippen LogP contribution is -2.55. The van der Waals surface area contributed by atoms with Crippen LogP contribution in [0.3, 0.4) is 0 Å². The molecule has 3 aromatic rings. The third-order valence-corrected chi connectivity index (χ3v) is 6.90. The van der Waals surface area contributed by atoms with Crippen LogP contribution in [0.4, 0.5) is 0 Å². The molecule has 0 aromatic heterocycles. The Balaban J connectivity index is 1.42. The first-order valence-electron chi connectivity index (χ1n) is 13.3. The molecule has 4 amide bonds. The number of rotatable bonds is 12. The second-order valence-corrected chi connectivity index (χ2v) is 10.2. The number of nitrogens with two attached hydrogens (primary N) is 1. The number of amides is 4. The van der Waals surface area contributed by atoms with Gasteiger partial charge in [-0.25, -0.2) is 0 Å². The summed E-state index contributed by atoms with van der Waals surface area (Å²) >= 11 is 0. The minimum absolute atomic E-state index is 0.0677. The van der Waals surface area contributed by atoms with E-state index in [0.29, 0.717) is 5.56 Å². The van der Waals surface area contributed by atoms with E-state index in [4.69, 9.17) is 10.5 Å². The standard InChI is InChI=1S/C31H34N4O6/c1-18-8-10-20(11-9-18)17-25(29(38)34-24(28(32)37)16-21-12-14-23(36)15-13-21)35-31(40)27-26(41-27)30(39)33-19(2)22-6-4-3-5-7-22/h3-15,19,24-27,36H,16-17H2,1-2H3,(H2,32,37)(H,33,39)(H,34,38)(H,35,40)/t19-,24+,25+,26?,27?/m1/s1. The predicted octanol–water partition coefficient (Wildman–Crippen LogP) is 1.59. The Kier molecular flexibility index (Phi) is 9.36. The second-order valence-electron chi connectivity index (χ2n) is 10.2. The first-order valence-corrected chi connectivity index (χ1v) is 13.3. The summed E-state index contributed by atoms with van der Waals surface area (Å²) in [5, 5.41) is 17.7. The summed E-state index contributed by atoms with van der Waals surface area (Å²) in [6, 6.07) is 20.6. The quantitative estimate of drug-likeness (QED) is 0.212. The molecular formula is C31H34N4O6. The molecular weight excluding hydrogens is 524 g/mol. The molecule has 0 spiro atoms. The van der Waals surface area contributed by atoms with Crippen LogP contribution in [0.25, 0.3) is 0 Å². The molecule has 0 radical (unpaired) electrons. The van der Waals surface area contributed by atoms with Crippen molar-refractivity contribution < 1.29 is 29.0 Å². The zero-order valence-corrected chi connectivity index (χ0v) is 22.9. The Morgan fingerprint density at radius 2 is 1.32 bits per heavy atom. The minimum Gasteiger partial charge on any atom is -0.508 e. The number of carbonyl (C=O) groups is 4. The molecule has 10 nitrogen and oxygen atoms in total. The molecule has 10 heteroatoms. The third kappa shape index (κ3) is 8.15. The number of phenols is 1. The molecule has 1 aliphatic heterocycles. The van der Waals surface area contributed by atoms with Gasteiger partial charge in [0.1, 0.15) is 17.8 Å². The van der Waals surface area contributed by atoms with Crippen LogP contribution in [-0.4, -0.2) is 53.0 Å². The molecule has 1 aliphatic rings. The fourth-order valence-corrected chi connectivity index (χ4v) is 4.42. The van der Waals surface area contributed by atoms with Gasteiger partial charge in [0.05, 0.1) is 6.04 Å². The number of phenolic OH excluding ortho intramolecular Hbond substituents is 1. The number of hydrogen-bond acceptors (Lipinski definition) is 6. The molecule has 2 unspecified atom stereocenters. The molecule has 3 aromatic carbocycles. The molecule has 0 aliphatic carbocycles. The van der Waals surface area contributed by atoms with Gasteiger partial charge in [-0.15, -0.1) is 0 Å². The molecule has 1 fully saturated rings. The molecule has 1 saturated heterocycles. The van der Waals surface area contributed by atoms with Gasteiger partial charge in [-0.2, -0.15) is 0 Å². The summed E-state index contributed by atoms with van der Waals surface area (Å²) in [4.78, 5) is 51.3. The second kappa shape index (κ2) is 13.1. The number of aromatic hydroxyl groups is 1. The largest absolute Gasteiger partial charge is 0.508 e. The van der Waals surface area contributed by atoms with Gasteiger partial charge < -0.3 is 31.5 Å². The van der Waals surface area contributed by atoms with Gasteiger partial charge in [-0.3, -0.25) is 19.2 Å². The molecule has 0 saturated carbocycles. The van der Waals surface area contributed by atoms with Gasteiger partial charge in [0, 0.05) is 12.8 Å². The smallest absolute Gasteiger partial charge is 0.253 e. The summed E-state index contributed by atoms with van der Waals surface area (Å²) in [6.07, 6.45) is -1.79. The van der Waals surface area contributed by atoms with Gasteiger partial charge in [0.25, 0.3) is 11.8 Å². The minimum atomic E-state index is -1.07. The van der Waals surface area contributed by atoms with E-state index in [-0.39, 0.29) is 24.6 Å². The first-order chi connectivity index (χ1) is 19.6. The van der Waals surface area contributed by atoms with Crippen molar-refractivity contribution in [2.24, 2.45) is 5.73 Å². The Hall–Kier alpha value is -4.70. The maximum atomic E-state index is 13.4. The summed E-state index contributed by atoms with van der Waals surface area (Å²) in [5.74, 6) is -2.33. The predicted molar refractivity (Wildman–Crippen MR) is 151 cm³/mol. The Bertz CT molecular complexity index is 1380. The number of carbonyl (C=O) groups excluding carboxylic acids is 4. The topological polar surface area (TPSA) is 163 Å². The van der Waals surface area contributed by atoms with E-state index in [2.05, 4.69) is 16.0 Å². The average Bonchev–Trinajstić information content (AvgIpc) is 3.76. The van der Waals surface area contributed by atoms with E-state index < -0.39 is 47.9 Å². The molecule has 41 heavy (non-hydrogen) atoms. The highest BCUT2D eigenvalue weighted by atomic mass is 16.6. The number of aryl methyl sites for hydroxylation is 1. The molecule has 5 atom stereocenters. The van der Waals surface area contributed by atoms with Crippen LogP contribution in [0.5, 0.6) is 5.75 Å². The average molecular weight is 559 g/mol. The van der Waals surface area contributed by atoms with Crippen molar-refractivity contribution in [2.75, 3.05) is 0 Å². The van der Waals surface area contributed by atoms with Gasteiger partial charge >= 0.3 is 0 Å². The van der Waals surface area contributed by atoms with Crippen LogP contribution in [0.15, 0.2) is 78.9 Å². The highest BCUT2D eigenvalue weighted by Gasteiger charge is 2.51. The van der Waals surface area contributed by atoms with Crippen LogP contribution in [0, 0.1) is 6.92 Å². The van der Waals surface area contributed by atoms with E-state index in [0.717, 1.165) is 16.7 Å². The molecule has 4 rings (SSSR count). The van der Waals surface area contributed by atoms with Crippen molar-refractivity contribution in [2.45, 2.75) is 57.0 Å². The van der Waals surface area contributed by atoms with Crippen molar-refractivity contribution in [3.63, 3.8) is 0 Å². The maximum Gasteiger partial charge on any atom is 0.253 e. The van der Waals surface area contributed by atoms with Crippen molar-refractivity contribution in [1.29, 1.82) is 0 Å². The van der Waals surface area contributed by atoms with Gasteiger partial charge in [-0.05, 0) is 42.7 Å². The first kappa shape index (κ1) is 29.3. The van der Waals surface area contributed by atoms with E-state index in [9.17, 15) is 24.3 Å². The lowest BCUT2D eigenvalue weighted by Gasteiger charge is -2.22. The summed E-state index contributed by atoms with van der Waals surface area (Å²) in [6.45, 7) is 3.77. The summed E-state index contributed by atoms with van der Waals surface area (Å²) < 4.78 is 5.38. The zero-order valence-electron chi connectivity index (χ0n) is 22.9. The number of epoxide rings is 1. The van der Waals surface area contributed by atoms with E-state index >= 15 is 0 Å². The fraction of sp³-hybridized carbons (Fsp3) is 0.290. The number of ether oxygens (including phenoxy) is 1.